The number of para-hydroxylation sites is 1. The molecular weight excluding hydrogens is 216 g/mol. The first-order valence-electron chi connectivity index (χ1n) is 5.88. The Morgan fingerprint density at radius 3 is 2.53 bits per heavy atom. The fraction of sp³-hybridized carbons (Fsp3) is 0.429. The smallest absolute Gasteiger partial charge is 0.308 e. The van der Waals surface area contributed by atoms with Crippen LogP contribution in [-0.2, 0) is 4.79 Å². The number of Topliss-reactive ketones (excluding diaryl/α,β-unsaturated/α-hetero) is 1. The molecule has 1 aromatic carbocycles. The van der Waals surface area contributed by atoms with Crippen LogP contribution < -0.4 is 4.74 Å². The Morgan fingerprint density at radius 1 is 1.29 bits per heavy atom. The van der Waals surface area contributed by atoms with Crippen molar-refractivity contribution in [3.8, 4) is 5.75 Å². The molecule has 92 valence electrons. The van der Waals surface area contributed by atoms with Gasteiger partial charge < -0.3 is 4.74 Å². The molecule has 0 aliphatic carbocycles. The second-order valence-electron chi connectivity index (χ2n) is 4.14. The molecule has 1 unspecified atom stereocenters. The topological polar surface area (TPSA) is 43.4 Å². The molecular formula is C14H18O3. The van der Waals surface area contributed by atoms with Gasteiger partial charge in [0, 0.05) is 12.8 Å². The maximum absolute atomic E-state index is 12.1. The summed E-state index contributed by atoms with van der Waals surface area (Å²) in [5, 5.41) is 0. The third-order valence-corrected chi connectivity index (χ3v) is 2.58. The van der Waals surface area contributed by atoms with Crippen LogP contribution in [0.1, 0.15) is 44.0 Å². The van der Waals surface area contributed by atoms with Gasteiger partial charge >= 0.3 is 5.97 Å². The number of carbonyl (C=O) groups is 2. The van der Waals surface area contributed by atoms with Gasteiger partial charge in [-0.15, -0.1) is 0 Å². The zero-order valence-corrected chi connectivity index (χ0v) is 10.5. The summed E-state index contributed by atoms with van der Waals surface area (Å²) < 4.78 is 5.04. The van der Waals surface area contributed by atoms with Crippen molar-refractivity contribution in [1.82, 2.24) is 0 Å². The Kier molecular flexibility index (Phi) is 4.88. The van der Waals surface area contributed by atoms with Crippen molar-refractivity contribution in [3.63, 3.8) is 0 Å². The zero-order valence-electron chi connectivity index (χ0n) is 10.5. The lowest BCUT2D eigenvalue weighted by Gasteiger charge is -2.12. The number of rotatable bonds is 5. The lowest BCUT2D eigenvalue weighted by atomic mass is 9.95. The maximum atomic E-state index is 12.1. The molecule has 0 spiro atoms. The highest BCUT2D eigenvalue weighted by molar-refractivity contribution is 6.00. The largest absolute Gasteiger partial charge is 0.426 e. The summed E-state index contributed by atoms with van der Waals surface area (Å²) in [7, 11) is 0. The first-order chi connectivity index (χ1) is 8.06. The molecule has 0 aromatic heterocycles. The van der Waals surface area contributed by atoms with Crippen LogP contribution in [0.25, 0.3) is 0 Å². The summed E-state index contributed by atoms with van der Waals surface area (Å²) in [5.41, 5.74) is 0.489. The monoisotopic (exact) mass is 234 g/mol. The molecule has 1 atom stereocenters. The highest BCUT2D eigenvalue weighted by atomic mass is 16.5. The van der Waals surface area contributed by atoms with Crippen LogP contribution in [0.4, 0.5) is 0 Å². The van der Waals surface area contributed by atoms with Crippen LogP contribution in [0.15, 0.2) is 24.3 Å². The summed E-state index contributed by atoms with van der Waals surface area (Å²) in [5.74, 6) is -0.0678. The second-order valence-corrected chi connectivity index (χ2v) is 4.14. The van der Waals surface area contributed by atoms with Crippen molar-refractivity contribution in [1.29, 1.82) is 0 Å². The van der Waals surface area contributed by atoms with E-state index >= 15 is 0 Å². The number of carbonyl (C=O) groups excluding carboxylic acids is 2. The lowest BCUT2D eigenvalue weighted by molar-refractivity contribution is -0.131. The van der Waals surface area contributed by atoms with Crippen LogP contribution in [-0.4, -0.2) is 11.8 Å². The first-order valence-corrected chi connectivity index (χ1v) is 5.88. The van der Waals surface area contributed by atoms with Gasteiger partial charge in [-0.3, -0.25) is 9.59 Å². The highest BCUT2D eigenvalue weighted by Gasteiger charge is 2.18. The Morgan fingerprint density at radius 2 is 1.94 bits per heavy atom. The van der Waals surface area contributed by atoms with Crippen LogP contribution in [0.5, 0.6) is 5.75 Å². The van der Waals surface area contributed by atoms with Crippen molar-refractivity contribution >= 4 is 11.8 Å². The number of benzene rings is 1. The normalized spacial score (nSPS) is 11.9. The Labute approximate surface area is 102 Å². The van der Waals surface area contributed by atoms with Crippen LogP contribution >= 0.6 is 0 Å². The fourth-order valence-corrected chi connectivity index (χ4v) is 1.74. The molecule has 17 heavy (non-hydrogen) atoms. The van der Waals surface area contributed by atoms with Crippen molar-refractivity contribution in [2.24, 2.45) is 5.92 Å². The minimum atomic E-state index is -0.409. The quantitative estimate of drug-likeness (QED) is 0.446. The van der Waals surface area contributed by atoms with Gasteiger partial charge in [-0.1, -0.05) is 32.4 Å². The predicted molar refractivity (Wildman–Crippen MR) is 66.2 cm³/mol. The molecule has 0 saturated carbocycles. The molecule has 3 nitrogen and oxygen atoms in total. The first kappa shape index (κ1) is 13.4. The Balaban J connectivity index is 2.96. The van der Waals surface area contributed by atoms with E-state index in [2.05, 4.69) is 0 Å². The summed E-state index contributed by atoms with van der Waals surface area (Å²) in [6.45, 7) is 5.27. The summed E-state index contributed by atoms with van der Waals surface area (Å²) in [6.07, 6.45) is 1.80. The van der Waals surface area contributed by atoms with E-state index in [-0.39, 0.29) is 11.7 Å². The Hall–Kier alpha value is -1.64. The van der Waals surface area contributed by atoms with Crippen molar-refractivity contribution in [2.45, 2.75) is 33.6 Å². The number of hydrogen-bond acceptors (Lipinski definition) is 3. The van der Waals surface area contributed by atoms with Gasteiger partial charge in [0.2, 0.25) is 0 Å². The molecule has 0 fully saturated rings. The number of ether oxygens (including phenoxy) is 1. The van der Waals surface area contributed by atoms with Gasteiger partial charge in [0.1, 0.15) is 5.75 Å². The summed E-state index contributed by atoms with van der Waals surface area (Å²) in [6, 6.07) is 6.87. The molecule has 0 radical (unpaired) electrons. The van der Waals surface area contributed by atoms with Crippen molar-refractivity contribution in [3.05, 3.63) is 29.8 Å². The minimum absolute atomic E-state index is 0.0312. The molecule has 0 N–H and O–H groups in total. The summed E-state index contributed by atoms with van der Waals surface area (Å²) in [4.78, 5) is 23.1. The predicted octanol–water partition coefficient (Wildman–Crippen LogP) is 3.23. The molecule has 0 aliphatic heterocycles. The lowest BCUT2D eigenvalue weighted by Crippen LogP contribution is -2.14. The van der Waals surface area contributed by atoms with E-state index in [9.17, 15) is 9.59 Å². The SMILES string of the molecule is CCCC(C)C(=O)c1ccccc1OC(C)=O. The van der Waals surface area contributed by atoms with Gasteiger partial charge in [-0.2, -0.15) is 0 Å². The van der Waals surface area contributed by atoms with Crippen LogP contribution in [0, 0.1) is 5.92 Å². The third-order valence-electron chi connectivity index (χ3n) is 2.58. The number of esters is 1. The van der Waals surface area contributed by atoms with E-state index < -0.39 is 5.97 Å². The molecule has 1 rings (SSSR count). The zero-order chi connectivity index (χ0) is 12.8. The number of ketones is 1. The van der Waals surface area contributed by atoms with E-state index in [0.29, 0.717) is 11.3 Å². The molecule has 0 aliphatic rings. The van der Waals surface area contributed by atoms with E-state index in [0.717, 1.165) is 12.8 Å². The average Bonchev–Trinajstić information content (AvgIpc) is 2.28. The highest BCUT2D eigenvalue weighted by Crippen LogP contribution is 2.23. The van der Waals surface area contributed by atoms with E-state index in [1.807, 2.05) is 13.8 Å². The average molecular weight is 234 g/mol. The second kappa shape index (κ2) is 6.18. The molecule has 0 bridgehead atoms. The van der Waals surface area contributed by atoms with E-state index in [1.54, 1.807) is 24.3 Å². The molecule has 0 saturated heterocycles. The number of hydrogen-bond donors (Lipinski definition) is 0. The van der Waals surface area contributed by atoms with E-state index in [4.69, 9.17) is 4.74 Å². The van der Waals surface area contributed by atoms with Crippen LogP contribution in [0.3, 0.4) is 0 Å². The van der Waals surface area contributed by atoms with Gasteiger partial charge in [-0.25, -0.2) is 0 Å². The fourth-order valence-electron chi connectivity index (χ4n) is 1.74. The van der Waals surface area contributed by atoms with Crippen LogP contribution in [0.2, 0.25) is 0 Å². The van der Waals surface area contributed by atoms with Gasteiger partial charge in [-0.05, 0) is 18.6 Å². The van der Waals surface area contributed by atoms with Crippen molar-refractivity contribution in [2.75, 3.05) is 0 Å². The van der Waals surface area contributed by atoms with E-state index in [1.165, 1.54) is 6.92 Å². The third kappa shape index (κ3) is 3.70. The standard InChI is InChI=1S/C14H18O3/c1-4-7-10(2)14(16)12-8-5-6-9-13(12)17-11(3)15/h5-6,8-10H,4,7H2,1-3H3. The molecule has 0 amide bonds. The minimum Gasteiger partial charge on any atom is -0.426 e. The summed E-state index contributed by atoms with van der Waals surface area (Å²) >= 11 is 0. The van der Waals surface area contributed by atoms with Gasteiger partial charge in [0.05, 0.1) is 5.56 Å². The van der Waals surface area contributed by atoms with Gasteiger partial charge in [0.15, 0.2) is 5.78 Å². The Bertz CT molecular complexity index is 410. The van der Waals surface area contributed by atoms with Crippen molar-refractivity contribution < 1.29 is 14.3 Å². The molecule has 0 heterocycles. The molecule has 3 heteroatoms. The van der Waals surface area contributed by atoms with Gasteiger partial charge in [0.25, 0.3) is 0 Å². The molecule has 1 aromatic rings. The maximum Gasteiger partial charge on any atom is 0.308 e.